The zero-order valence-corrected chi connectivity index (χ0v) is 16.3. The molecule has 5 heteroatoms. The van der Waals surface area contributed by atoms with Gasteiger partial charge in [0.2, 0.25) is 5.91 Å². The van der Waals surface area contributed by atoms with Crippen LogP contribution < -0.4 is 14.8 Å². The third-order valence-corrected chi connectivity index (χ3v) is 5.03. The molecule has 3 rings (SSSR count). The number of benzene rings is 2. The Balaban J connectivity index is 1.65. The van der Waals surface area contributed by atoms with Gasteiger partial charge in [-0.05, 0) is 44.0 Å². The lowest BCUT2D eigenvalue weighted by Gasteiger charge is -2.32. The summed E-state index contributed by atoms with van der Waals surface area (Å²) in [7, 11) is 3.21. The highest BCUT2D eigenvalue weighted by molar-refractivity contribution is 5.94. The summed E-state index contributed by atoms with van der Waals surface area (Å²) in [6.07, 6.45) is 1.93. The highest BCUT2D eigenvalue weighted by Crippen LogP contribution is 2.30. The van der Waals surface area contributed by atoms with Gasteiger partial charge in [-0.1, -0.05) is 29.8 Å². The molecule has 1 atom stereocenters. The van der Waals surface area contributed by atoms with Crippen LogP contribution in [0.15, 0.2) is 42.5 Å². The zero-order chi connectivity index (χ0) is 19.2. The predicted octanol–water partition coefficient (Wildman–Crippen LogP) is 3.86. The van der Waals surface area contributed by atoms with Crippen molar-refractivity contribution >= 4 is 11.6 Å². The van der Waals surface area contributed by atoms with E-state index in [9.17, 15) is 4.79 Å². The van der Waals surface area contributed by atoms with E-state index in [-0.39, 0.29) is 11.8 Å². The number of nitrogens with one attached hydrogen (secondary N) is 1. The molecule has 1 aliphatic rings. The summed E-state index contributed by atoms with van der Waals surface area (Å²) in [4.78, 5) is 15.2. The van der Waals surface area contributed by atoms with Gasteiger partial charge in [-0.2, -0.15) is 0 Å². The van der Waals surface area contributed by atoms with Gasteiger partial charge >= 0.3 is 0 Å². The second kappa shape index (κ2) is 8.91. The first-order valence-corrected chi connectivity index (χ1v) is 9.40. The molecule has 1 N–H and O–H groups in total. The Morgan fingerprint density at radius 3 is 2.78 bits per heavy atom. The summed E-state index contributed by atoms with van der Waals surface area (Å²) >= 11 is 0. The molecule has 2 aromatic rings. The van der Waals surface area contributed by atoms with Crippen LogP contribution in [0.2, 0.25) is 0 Å². The van der Waals surface area contributed by atoms with Crippen molar-refractivity contribution in [3.05, 3.63) is 53.6 Å². The maximum atomic E-state index is 12.9. The number of hydrogen-bond donors (Lipinski definition) is 1. The number of amides is 1. The van der Waals surface area contributed by atoms with Gasteiger partial charge in [0, 0.05) is 19.2 Å². The minimum atomic E-state index is -0.0283. The number of aryl methyl sites for hydroxylation is 1. The molecule has 0 bridgehead atoms. The number of nitrogens with zero attached hydrogens (tertiary/aromatic N) is 1. The third kappa shape index (κ3) is 5.01. The molecule has 0 radical (unpaired) electrons. The van der Waals surface area contributed by atoms with Crippen molar-refractivity contribution in [3.63, 3.8) is 0 Å². The monoisotopic (exact) mass is 368 g/mol. The van der Waals surface area contributed by atoms with Crippen molar-refractivity contribution < 1.29 is 14.3 Å². The van der Waals surface area contributed by atoms with Gasteiger partial charge < -0.3 is 14.8 Å². The smallest absolute Gasteiger partial charge is 0.228 e. The molecular formula is C22H28N2O3. The Morgan fingerprint density at radius 2 is 2.04 bits per heavy atom. The topological polar surface area (TPSA) is 50.8 Å². The van der Waals surface area contributed by atoms with Gasteiger partial charge in [-0.3, -0.25) is 9.69 Å². The maximum absolute atomic E-state index is 12.9. The summed E-state index contributed by atoms with van der Waals surface area (Å²) in [6, 6.07) is 14.0. The lowest BCUT2D eigenvalue weighted by Crippen LogP contribution is -2.40. The van der Waals surface area contributed by atoms with Crippen molar-refractivity contribution in [2.24, 2.45) is 5.92 Å². The number of methoxy groups -OCH3 is 2. The Morgan fingerprint density at radius 1 is 1.19 bits per heavy atom. The van der Waals surface area contributed by atoms with Crippen LogP contribution in [0.3, 0.4) is 0 Å². The number of piperidine rings is 1. The van der Waals surface area contributed by atoms with E-state index in [1.54, 1.807) is 26.4 Å². The number of carbonyl (C=O) groups is 1. The van der Waals surface area contributed by atoms with Gasteiger partial charge in [0.25, 0.3) is 0 Å². The van der Waals surface area contributed by atoms with Crippen molar-refractivity contribution in [1.82, 2.24) is 4.90 Å². The standard InChI is InChI=1S/C22H28N2O3/c1-16-6-4-7-17(12-16)14-24-11-5-8-18(15-24)22(25)23-20-13-19(26-2)9-10-21(20)27-3/h4,6-7,9-10,12-13,18H,5,8,11,14-15H2,1-3H3,(H,23,25). The molecule has 144 valence electrons. The molecule has 5 nitrogen and oxygen atoms in total. The van der Waals surface area contributed by atoms with E-state index >= 15 is 0 Å². The number of anilines is 1. The fourth-order valence-corrected chi connectivity index (χ4v) is 3.63. The summed E-state index contributed by atoms with van der Waals surface area (Å²) in [5.74, 6) is 1.34. The van der Waals surface area contributed by atoms with Crippen LogP contribution in [0.5, 0.6) is 11.5 Å². The SMILES string of the molecule is COc1ccc(OC)c(NC(=O)C2CCCN(Cc3cccc(C)c3)C2)c1. The third-order valence-electron chi connectivity index (χ3n) is 5.03. The van der Waals surface area contributed by atoms with E-state index in [1.807, 2.05) is 6.07 Å². The van der Waals surface area contributed by atoms with Crippen LogP contribution in [0.4, 0.5) is 5.69 Å². The van der Waals surface area contributed by atoms with Crippen molar-refractivity contribution in [3.8, 4) is 11.5 Å². The normalized spacial score (nSPS) is 17.4. The maximum Gasteiger partial charge on any atom is 0.228 e. The molecule has 1 heterocycles. The molecule has 1 saturated heterocycles. The molecule has 0 aromatic heterocycles. The average molecular weight is 368 g/mol. The van der Waals surface area contributed by atoms with Crippen molar-refractivity contribution in [2.75, 3.05) is 32.6 Å². The van der Waals surface area contributed by atoms with E-state index in [2.05, 4.69) is 41.4 Å². The van der Waals surface area contributed by atoms with E-state index in [0.29, 0.717) is 17.2 Å². The average Bonchev–Trinajstić information content (AvgIpc) is 2.68. The Labute approximate surface area is 161 Å². The number of ether oxygens (including phenoxy) is 2. The molecule has 0 aliphatic carbocycles. The van der Waals surface area contributed by atoms with E-state index in [0.717, 1.165) is 32.5 Å². The highest BCUT2D eigenvalue weighted by Gasteiger charge is 2.26. The molecule has 0 saturated carbocycles. The Kier molecular flexibility index (Phi) is 6.35. The lowest BCUT2D eigenvalue weighted by atomic mass is 9.96. The highest BCUT2D eigenvalue weighted by atomic mass is 16.5. The molecule has 1 aliphatic heterocycles. The minimum Gasteiger partial charge on any atom is -0.497 e. The van der Waals surface area contributed by atoms with Gasteiger partial charge in [-0.15, -0.1) is 0 Å². The number of hydrogen-bond acceptors (Lipinski definition) is 4. The predicted molar refractivity (Wildman–Crippen MR) is 107 cm³/mol. The van der Waals surface area contributed by atoms with Crippen LogP contribution in [0, 0.1) is 12.8 Å². The lowest BCUT2D eigenvalue weighted by molar-refractivity contribution is -0.121. The first-order valence-electron chi connectivity index (χ1n) is 9.40. The fraction of sp³-hybridized carbons (Fsp3) is 0.409. The summed E-state index contributed by atoms with van der Waals surface area (Å²) in [5, 5.41) is 3.03. The second-order valence-corrected chi connectivity index (χ2v) is 7.12. The minimum absolute atomic E-state index is 0.0283. The van der Waals surface area contributed by atoms with Gasteiger partial charge in [0.05, 0.1) is 25.8 Å². The van der Waals surface area contributed by atoms with Crippen LogP contribution in [0.1, 0.15) is 24.0 Å². The van der Waals surface area contributed by atoms with Crippen LogP contribution in [-0.4, -0.2) is 38.1 Å². The van der Waals surface area contributed by atoms with Crippen LogP contribution >= 0.6 is 0 Å². The molecule has 1 unspecified atom stereocenters. The molecule has 2 aromatic carbocycles. The molecule has 1 amide bonds. The molecule has 1 fully saturated rings. The second-order valence-electron chi connectivity index (χ2n) is 7.12. The van der Waals surface area contributed by atoms with Crippen molar-refractivity contribution in [1.29, 1.82) is 0 Å². The summed E-state index contributed by atoms with van der Waals surface area (Å²) in [5.41, 5.74) is 3.21. The van der Waals surface area contributed by atoms with E-state index in [4.69, 9.17) is 9.47 Å². The largest absolute Gasteiger partial charge is 0.497 e. The van der Waals surface area contributed by atoms with E-state index < -0.39 is 0 Å². The number of likely N-dealkylation sites (tertiary alicyclic amines) is 1. The first kappa shape index (κ1) is 19.2. The quantitative estimate of drug-likeness (QED) is 0.841. The fourth-order valence-electron chi connectivity index (χ4n) is 3.63. The number of rotatable bonds is 6. The first-order chi connectivity index (χ1) is 13.1. The van der Waals surface area contributed by atoms with Crippen molar-refractivity contribution in [2.45, 2.75) is 26.3 Å². The van der Waals surface area contributed by atoms with E-state index in [1.165, 1.54) is 11.1 Å². The van der Waals surface area contributed by atoms with Gasteiger partial charge in [-0.25, -0.2) is 0 Å². The molecule has 0 spiro atoms. The Bertz CT molecular complexity index is 791. The van der Waals surface area contributed by atoms with Crippen LogP contribution in [0.25, 0.3) is 0 Å². The Hall–Kier alpha value is -2.53. The van der Waals surface area contributed by atoms with Gasteiger partial charge in [0.1, 0.15) is 11.5 Å². The summed E-state index contributed by atoms with van der Waals surface area (Å²) < 4.78 is 10.6. The number of carbonyl (C=O) groups excluding carboxylic acids is 1. The van der Waals surface area contributed by atoms with Crippen LogP contribution in [-0.2, 0) is 11.3 Å². The van der Waals surface area contributed by atoms with Gasteiger partial charge in [0.15, 0.2) is 0 Å². The molecule has 27 heavy (non-hydrogen) atoms. The molecular weight excluding hydrogens is 340 g/mol. The summed E-state index contributed by atoms with van der Waals surface area (Å²) in [6.45, 7) is 4.79. The zero-order valence-electron chi connectivity index (χ0n) is 16.3.